The highest BCUT2D eigenvalue weighted by Gasteiger charge is 2.15. The van der Waals surface area contributed by atoms with Crippen LogP contribution in [0.5, 0.6) is 5.75 Å². The molecule has 0 aliphatic carbocycles. The normalized spacial score (nSPS) is 10.6. The summed E-state index contributed by atoms with van der Waals surface area (Å²) < 4.78 is 6.24. The number of fused-ring (bicyclic) bond motifs is 1. The lowest BCUT2D eigenvalue weighted by Gasteiger charge is -2.08. The van der Waals surface area contributed by atoms with Gasteiger partial charge in [-0.05, 0) is 31.2 Å². The van der Waals surface area contributed by atoms with Gasteiger partial charge in [-0.25, -0.2) is 4.98 Å². The summed E-state index contributed by atoms with van der Waals surface area (Å²) in [5.41, 5.74) is 2.33. The zero-order valence-electron chi connectivity index (χ0n) is 14.0. The van der Waals surface area contributed by atoms with Gasteiger partial charge in [-0.15, -0.1) is 0 Å². The minimum Gasteiger partial charge on any atom is -0.496 e. The van der Waals surface area contributed by atoms with Gasteiger partial charge < -0.3 is 10.1 Å². The van der Waals surface area contributed by atoms with Crippen molar-refractivity contribution in [2.75, 3.05) is 12.4 Å². The number of benzene rings is 2. The first-order valence-electron chi connectivity index (χ1n) is 7.90. The monoisotopic (exact) mass is 354 g/mol. The van der Waals surface area contributed by atoms with Crippen molar-refractivity contribution < 1.29 is 14.3 Å². The van der Waals surface area contributed by atoms with E-state index in [1.54, 1.807) is 12.1 Å². The van der Waals surface area contributed by atoms with Gasteiger partial charge in [0.05, 0.1) is 22.9 Å². The molecule has 1 N–H and O–H groups in total. The number of aromatic nitrogens is 1. The van der Waals surface area contributed by atoms with Gasteiger partial charge in [0.15, 0.2) is 10.9 Å². The first kappa shape index (κ1) is 17.1. The summed E-state index contributed by atoms with van der Waals surface area (Å²) in [5, 5.41) is 3.31. The molecule has 128 valence electrons. The van der Waals surface area contributed by atoms with Crippen molar-refractivity contribution in [1.29, 1.82) is 0 Å². The van der Waals surface area contributed by atoms with Gasteiger partial charge in [-0.3, -0.25) is 9.59 Å². The molecule has 0 spiro atoms. The van der Waals surface area contributed by atoms with Gasteiger partial charge in [0.25, 0.3) is 0 Å². The fraction of sp³-hybridized carbons (Fsp3) is 0.211. The van der Waals surface area contributed by atoms with Crippen molar-refractivity contribution >= 4 is 38.4 Å². The summed E-state index contributed by atoms with van der Waals surface area (Å²) in [6, 6.07) is 13.1. The molecule has 3 aromatic rings. The van der Waals surface area contributed by atoms with Crippen molar-refractivity contribution in [2.24, 2.45) is 0 Å². The number of carbonyl (C=O) groups is 2. The zero-order chi connectivity index (χ0) is 17.8. The van der Waals surface area contributed by atoms with E-state index in [-0.39, 0.29) is 24.5 Å². The molecule has 1 amide bonds. The van der Waals surface area contributed by atoms with E-state index >= 15 is 0 Å². The Kier molecular flexibility index (Phi) is 5.09. The van der Waals surface area contributed by atoms with E-state index < -0.39 is 0 Å². The van der Waals surface area contributed by atoms with Crippen LogP contribution in [0.3, 0.4) is 0 Å². The molecule has 1 heterocycles. The molecule has 0 aliphatic heterocycles. The van der Waals surface area contributed by atoms with E-state index in [2.05, 4.69) is 10.3 Å². The predicted octanol–water partition coefficient (Wildman–Crippen LogP) is 4.21. The molecular formula is C19H18N2O3S. The Labute approximate surface area is 149 Å². The number of carbonyl (C=O) groups excluding carboxylic acids is 2. The number of hydrogen-bond donors (Lipinski definition) is 1. The van der Waals surface area contributed by atoms with Gasteiger partial charge in [0.1, 0.15) is 5.75 Å². The second-order valence-corrected chi connectivity index (χ2v) is 6.69. The summed E-state index contributed by atoms with van der Waals surface area (Å²) in [5.74, 6) is 0.196. The molecule has 0 unspecified atom stereocenters. The van der Waals surface area contributed by atoms with E-state index in [0.717, 1.165) is 15.8 Å². The first-order chi connectivity index (χ1) is 12.1. The summed E-state index contributed by atoms with van der Waals surface area (Å²) in [6.45, 7) is 1.91. The Morgan fingerprint density at radius 1 is 1.16 bits per heavy atom. The number of ether oxygens (including phenoxy) is 1. The van der Waals surface area contributed by atoms with Crippen molar-refractivity contribution in [3.63, 3.8) is 0 Å². The highest BCUT2D eigenvalue weighted by Crippen LogP contribution is 2.26. The van der Waals surface area contributed by atoms with E-state index in [4.69, 9.17) is 4.74 Å². The fourth-order valence-corrected chi connectivity index (χ4v) is 3.39. The molecule has 2 aromatic carbocycles. The number of nitrogens with zero attached hydrogens (tertiary/aromatic N) is 1. The average Bonchev–Trinajstić information content (AvgIpc) is 3.01. The second kappa shape index (κ2) is 7.44. The lowest BCUT2D eigenvalue weighted by molar-refractivity contribution is -0.116. The van der Waals surface area contributed by atoms with Crippen LogP contribution in [0.4, 0.5) is 5.13 Å². The summed E-state index contributed by atoms with van der Waals surface area (Å²) in [4.78, 5) is 28.9. The van der Waals surface area contributed by atoms with Crippen LogP contribution in [-0.4, -0.2) is 23.8 Å². The molecule has 5 nitrogen and oxygen atoms in total. The molecular weight excluding hydrogens is 336 g/mol. The number of ketones is 1. The molecule has 0 radical (unpaired) electrons. The van der Waals surface area contributed by atoms with Crippen LogP contribution in [0.15, 0.2) is 42.5 Å². The number of Topliss-reactive ketones (excluding diaryl/α,β-unsaturated/α-hetero) is 1. The molecule has 0 atom stereocenters. The number of methoxy groups -OCH3 is 1. The Hall–Kier alpha value is -2.73. The van der Waals surface area contributed by atoms with Crippen LogP contribution in [0.1, 0.15) is 28.8 Å². The fourth-order valence-electron chi connectivity index (χ4n) is 2.51. The summed E-state index contributed by atoms with van der Waals surface area (Å²) in [6.07, 6.45) is 0.225. The van der Waals surface area contributed by atoms with Crippen molar-refractivity contribution in [1.82, 2.24) is 4.98 Å². The quantitative estimate of drug-likeness (QED) is 0.673. The smallest absolute Gasteiger partial charge is 0.226 e. The number of para-hydroxylation sites is 1. The average molecular weight is 354 g/mol. The number of amides is 1. The van der Waals surface area contributed by atoms with E-state index in [1.165, 1.54) is 18.4 Å². The number of thiazole rings is 1. The maximum absolute atomic E-state index is 12.4. The standard InChI is InChI=1S/C19H18N2O3S/c1-12-7-9-16(24-2)13(11-12)15(22)8-10-18(23)21-19-20-14-5-3-4-6-17(14)25-19/h3-7,9,11H,8,10H2,1-2H3,(H,20,21,23). The number of nitrogens with one attached hydrogen (secondary N) is 1. The third-order valence-electron chi connectivity index (χ3n) is 3.77. The number of hydrogen-bond acceptors (Lipinski definition) is 5. The van der Waals surface area contributed by atoms with Crippen molar-refractivity contribution in [3.8, 4) is 5.75 Å². The van der Waals surface area contributed by atoms with Crippen LogP contribution >= 0.6 is 11.3 Å². The van der Waals surface area contributed by atoms with E-state index in [9.17, 15) is 9.59 Å². The molecule has 0 fully saturated rings. The molecule has 0 saturated heterocycles. The zero-order valence-corrected chi connectivity index (χ0v) is 14.9. The highest BCUT2D eigenvalue weighted by molar-refractivity contribution is 7.22. The van der Waals surface area contributed by atoms with Crippen molar-refractivity contribution in [3.05, 3.63) is 53.6 Å². The van der Waals surface area contributed by atoms with Gasteiger partial charge in [-0.2, -0.15) is 0 Å². The molecule has 6 heteroatoms. The number of anilines is 1. The Balaban J connectivity index is 1.62. The van der Waals surface area contributed by atoms with Crippen LogP contribution in [-0.2, 0) is 4.79 Å². The largest absolute Gasteiger partial charge is 0.496 e. The minimum atomic E-state index is -0.223. The van der Waals surface area contributed by atoms with Crippen LogP contribution in [0.25, 0.3) is 10.2 Å². The number of rotatable bonds is 6. The Bertz CT molecular complexity index is 900. The summed E-state index contributed by atoms with van der Waals surface area (Å²) in [7, 11) is 1.53. The van der Waals surface area contributed by atoms with Gasteiger partial charge in [-0.1, -0.05) is 35.1 Å². The van der Waals surface area contributed by atoms with E-state index in [1.807, 2.05) is 37.3 Å². The SMILES string of the molecule is COc1ccc(C)cc1C(=O)CCC(=O)Nc1nc2ccccc2s1. The topological polar surface area (TPSA) is 68.3 Å². The van der Waals surface area contributed by atoms with Crippen LogP contribution in [0.2, 0.25) is 0 Å². The molecule has 0 bridgehead atoms. The highest BCUT2D eigenvalue weighted by atomic mass is 32.1. The lowest BCUT2D eigenvalue weighted by Crippen LogP contribution is -2.13. The number of aryl methyl sites for hydroxylation is 1. The Morgan fingerprint density at radius 3 is 2.72 bits per heavy atom. The maximum atomic E-state index is 12.4. The Morgan fingerprint density at radius 2 is 1.96 bits per heavy atom. The van der Waals surface area contributed by atoms with Crippen LogP contribution in [0, 0.1) is 6.92 Å². The third-order valence-corrected chi connectivity index (χ3v) is 4.73. The molecule has 25 heavy (non-hydrogen) atoms. The minimum absolute atomic E-state index is 0.103. The van der Waals surface area contributed by atoms with E-state index in [0.29, 0.717) is 16.4 Å². The van der Waals surface area contributed by atoms with Gasteiger partial charge in [0.2, 0.25) is 5.91 Å². The molecule has 0 saturated carbocycles. The second-order valence-electron chi connectivity index (χ2n) is 5.66. The molecule has 1 aromatic heterocycles. The summed E-state index contributed by atoms with van der Waals surface area (Å²) >= 11 is 1.42. The van der Waals surface area contributed by atoms with Crippen LogP contribution < -0.4 is 10.1 Å². The van der Waals surface area contributed by atoms with Crippen molar-refractivity contribution in [2.45, 2.75) is 19.8 Å². The predicted molar refractivity (Wildman–Crippen MR) is 99.5 cm³/mol. The molecule has 0 aliphatic rings. The lowest BCUT2D eigenvalue weighted by atomic mass is 10.0. The van der Waals surface area contributed by atoms with Gasteiger partial charge >= 0.3 is 0 Å². The first-order valence-corrected chi connectivity index (χ1v) is 8.72. The molecule has 3 rings (SSSR count). The maximum Gasteiger partial charge on any atom is 0.226 e. The van der Waals surface area contributed by atoms with Gasteiger partial charge in [0, 0.05) is 12.8 Å². The third kappa shape index (κ3) is 4.03.